The molecule has 0 bridgehead atoms. The number of nitrogens with zero attached hydrogens (tertiary/aromatic N) is 2. The predicted octanol–water partition coefficient (Wildman–Crippen LogP) is 1.06. The van der Waals surface area contributed by atoms with Crippen molar-refractivity contribution in [2.45, 2.75) is 32.7 Å². The SMILES string of the molecule is Cc1nc(C2CCOC2)nc(C)c1CN. The molecular formula is C11H17N3O. The van der Waals surface area contributed by atoms with Gasteiger partial charge in [0.1, 0.15) is 5.82 Å². The Morgan fingerprint density at radius 2 is 2.00 bits per heavy atom. The second-order valence-electron chi connectivity index (χ2n) is 4.00. The number of ether oxygens (including phenoxy) is 1. The Hall–Kier alpha value is -1.00. The van der Waals surface area contributed by atoms with Gasteiger partial charge in [-0.2, -0.15) is 0 Å². The van der Waals surface area contributed by atoms with Gasteiger partial charge in [-0.3, -0.25) is 0 Å². The van der Waals surface area contributed by atoms with E-state index in [0.29, 0.717) is 12.5 Å². The highest BCUT2D eigenvalue weighted by molar-refractivity contribution is 5.24. The van der Waals surface area contributed by atoms with Crippen LogP contribution in [0.5, 0.6) is 0 Å². The molecular weight excluding hydrogens is 190 g/mol. The van der Waals surface area contributed by atoms with Crippen molar-refractivity contribution in [2.24, 2.45) is 5.73 Å². The highest BCUT2D eigenvalue weighted by Gasteiger charge is 2.21. The number of hydrogen-bond acceptors (Lipinski definition) is 4. The van der Waals surface area contributed by atoms with E-state index in [1.807, 2.05) is 13.8 Å². The van der Waals surface area contributed by atoms with E-state index in [9.17, 15) is 0 Å². The second kappa shape index (κ2) is 4.24. The molecule has 15 heavy (non-hydrogen) atoms. The minimum Gasteiger partial charge on any atom is -0.381 e. The third-order valence-electron chi connectivity index (χ3n) is 2.94. The summed E-state index contributed by atoms with van der Waals surface area (Å²) in [6, 6.07) is 0. The smallest absolute Gasteiger partial charge is 0.134 e. The Morgan fingerprint density at radius 3 is 2.47 bits per heavy atom. The van der Waals surface area contributed by atoms with E-state index in [1.165, 1.54) is 0 Å². The number of nitrogens with two attached hydrogens (primary N) is 1. The maximum Gasteiger partial charge on any atom is 0.134 e. The van der Waals surface area contributed by atoms with Gasteiger partial charge in [0.2, 0.25) is 0 Å². The molecule has 4 nitrogen and oxygen atoms in total. The highest BCUT2D eigenvalue weighted by atomic mass is 16.5. The molecule has 0 saturated carbocycles. The van der Waals surface area contributed by atoms with Crippen molar-refractivity contribution in [1.82, 2.24) is 9.97 Å². The molecule has 4 heteroatoms. The number of hydrogen-bond donors (Lipinski definition) is 1. The van der Waals surface area contributed by atoms with Crippen molar-refractivity contribution < 1.29 is 4.74 Å². The summed E-state index contributed by atoms with van der Waals surface area (Å²) in [6.07, 6.45) is 1.03. The lowest BCUT2D eigenvalue weighted by molar-refractivity contribution is 0.193. The first-order valence-corrected chi connectivity index (χ1v) is 5.34. The molecule has 0 spiro atoms. The zero-order valence-electron chi connectivity index (χ0n) is 9.29. The summed E-state index contributed by atoms with van der Waals surface area (Å²) in [5, 5.41) is 0. The molecule has 0 aromatic carbocycles. The van der Waals surface area contributed by atoms with E-state index in [0.717, 1.165) is 42.4 Å². The van der Waals surface area contributed by atoms with Gasteiger partial charge in [-0.1, -0.05) is 0 Å². The van der Waals surface area contributed by atoms with Gasteiger partial charge < -0.3 is 10.5 Å². The minimum atomic E-state index is 0.370. The van der Waals surface area contributed by atoms with Crippen LogP contribution in [0, 0.1) is 13.8 Å². The summed E-state index contributed by atoms with van der Waals surface area (Å²) in [5.41, 5.74) is 8.73. The lowest BCUT2D eigenvalue weighted by Gasteiger charge is -2.11. The van der Waals surface area contributed by atoms with Gasteiger partial charge in [0, 0.05) is 36.0 Å². The average Bonchev–Trinajstić information content (AvgIpc) is 2.69. The second-order valence-corrected chi connectivity index (χ2v) is 4.00. The fourth-order valence-electron chi connectivity index (χ4n) is 1.98. The van der Waals surface area contributed by atoms with Crippen molar-refractivity contribution >= 4 is 0 Å². The van der Waals surface area contributed by atoms with Crippen molar-refractivity contribution in [1.29, 1.82) is 0 Å². The molecule has 82 valence electrons. The summed E-state index contributed by atoms with van der Waals surface area (Å²) < 4.78 is 5.34. The maximum absolute atomic E-state index is 5.65. The predicted molar refractivity (Wildman–Crippen MR) is 57.6 cm³/mol. The van der Waals surface area contributed by atoms with Gasteiger partial charge in [-0.25, -0.2) is 9.97 Å². The molecule has 1 aromatic heterocycles. The van der Waals surface area contributed by atoms with Crippen LogP contribution in [-0.2, 0) is 11.3 Å². The summed E-state index contributed by atoms with van der Waals surface area (Å²) in [7, 11) is 0. The molecule has 1 aliphatic rings. The molecule has 1 fully saturated rings. The first kappa shape index (κ1) is 10.5. The number of aryl methyl sites for hydroxylation is 2. The maximum atomic E-state index is 5.65. The fourth-order valence-corrected chi connectivity index (χ4v) is 1.98. The van der Waals surface area contributed by atoms with Gasteiger partial charge in [-0.15, -0.1) is 0 Å². The largest absolute Gasteiger partial charge is 0.381 e. The van der Waals surface area contributed by atoms with Gasteiger partial charge in [0.15, 0.2) is 0 Å². The number of aromatic nitrogens is 2. The third-order valence-corrected chi connectivity index (χ3v) is 2.94. The molecule has 1 saturated heterocycles. The van der Waals surface area contributed by atoms with Crippen LogP contribution in [0.2, 0.25) is 0 Å². The Balaban J connectivity index is 2.33. The normalized spacial score (nSPS) is 20.9. The van der Waals surface area contributed by atoms with Crippen LogP contribution in [0.25, 0.3) is 0 Å². The van der Waals surface area contributed by atoms with E-state index in [-0.39, 0.29) is 0 Å². The first-order valence-electron chi connectivity index (χ1n) is 5.34. The van der Waals surface area contributed by atoms with Crippen LogP contribution in [0.15, 0.2) is 0 Å². The first-order chi connectivity index (χ1) is 7.22. The molecule has 1 unspecified atom stereocenters. The highest BCUT2D eigenvalue weighted by Crippen LogP contribution is 2.23. The van der Waals surface area contributed by atoms with Gasteiger partial charge >= 0.3 is 0 Å². The van der Waals surface area contributed by atoms with Crippen molar-refractivity contribution in [3.8, 4) is 0 Å². The summed E-state index contributed by atoms with van der Waals surface area (Å²) in [6.45, 7) is 6.08. The molecule has 0 radical (unpaired) electrons. The molecule has 2 rings (SSSR count). The zero-order chi connectivity index (χ0) is 10.8. The van der Waals surface area contributed by atoms with Crippen molar-refractivity contribution in [3.05, 3.63) is 22.8 Å². The van der Waals surface area contributed by atoms with E-state index < -0.39 is 0 Å². The van der Waals surface area contributed by atoms with Crippen molar-refractivity contribution in [2.75, 3.05) is 13.2 Å². The van der Waals surface area contributed by atoms with Gasteiger partial charge in [-0.05, 0) is 20.3 Å². The Morgan fingerprint density at radius 1 is 1.33 bits per heavy atom. The van der Waals surface area contributed by atoms with Crippen LogP contribution in [0.4, 0.5) is 0 Å². The topological polar surface area (TPSA) is 61.0 Å². The summed E-state index contributed by atoms with van der Waals surface area (Å²) >= 11 is 0. The molecule has 0 aliphatic carbocycles. The molecule has 1 atom stereocenters. The monoisotopic (exact) mass is 207 g/mol. The molecule has 2 heterocycles. The van der Waals surface area contributed by atoms with Crippen LogP contribution in [0.1, 0.15) is 35.1 Å². The molecule has 0 amide bonds. The van der Waals surface area contributed by atoms with E-state index >= 15 is 0 Å². The Bertz CT molecular complexity index is 336. The third kappa shape index (κ3) is 2.01. The summed E-state index contributed by atoms with van der Waals surface area (Å²) in [5.74, 6) is 1.29. The molecule has 2 N–H and O–H groups in total. The quantitative estimate of drug-likeness (QED) is 0.787. The Labute approximate surface area is 89.9 Å². The van der Waals surface area contributed by atoms with Crippen molar-refractivity contribution in [3.63, 3.8) is 0 Å². The molecule has 1 aromatic rings. The van der Waals surface area contributed by atoms with E-state index in [1.54, 1.807) is 0 Å². The van der Waals surface area contributed by atoms with Crippen LogP contribution in [0.3, 0.4) is 0 Å². The molecule has 1 aliphatic heterocycles. The average molecular weight is 207 g/mol. The standard InChI is InChI=1S/C11H17N3O/c1-7-10(5-12)8(2)14-11(13-7)9-3-4-15-6-9/h9H,3-6,12H2,1-2H3. The summed E-state index contributed by atoms with van der Waals surface area (Å²) in [4.78, 5) is 9.03. The van der Waals surface area contributed by atoms with Gasteiger partial charge in [0.05, 0.1) is 6.61 Å². The number of rotatable bonds is 2. The minimum absolute atomic E-state index is 0.370. The lowest BCUT2D eigenvalue weighted by atomic mass is 10.1. The van der Waals surface area contributed by atoms with E-state index in [4.69, 9.17) is 10.5 Å². The lowest BCUT2D eigenvalue weighted by Crippen LogP contribution is -2.12. The zero-order valence-corrected chi connectivity index (χ0v) is 9.29. The Kier molecular flexibility index (Phi) is 2.98. The van der Waals surface area contributed by atoms with Crippen LogP contribution < -0.4 is 5.73 Å². The van der Waals surface area contributed by atoms with Crippen LogP contribution in [-0.4, -0.2) is 23.2 Å². The van der Waals surface area contributed by atoms with Crippen LogP contribution >= 0.6 is 0 Å². The fraction of sp³-hybridized carbons (Fsp3) is 0.636. The van der Waals surface area contributed by atoms with Gasteiger partial charge in [0.25, 0.3) is 0 Å². The van der Waals surface area contributed by atoms with E-state index in [2.05, 4.69) is 9.97 Å².